The largest absolute Gasteiger partial charge is 0.415 e. The van der Waals surface area contributed by atoms with Gasteiger partial charge < -0.3 is 15.7 Å². The Kier molecular flexibility index (Phi) is 7.72. The van der Waals surface area contributed by atoms with Crippen LogP contribution in [0, 0.1) is 20.8 Å². The summed E-state index contributed by atoms with van der Waals surface area (Å²) in [7, 11) is 0. The first-order valence-electron chi connectivity index (χ1n) is 11.7. The third kappa shape index (κ3) is 6.26. The lowest BCUT2D eigenvalue weighted by Gasteiger charge is -2.35. The second kappa shape index (κ2) is 10.6. The molecule has 0 saturated carbocycles. The highest BCUT2D eigenvalue weighted by Crippen LogP contribution is 2.34. The molecule has 4 N–H and O–H groups in total. The molecular formula is C24H29ClF3N7O. The van der Waals surface area contributed by atoms with Gasteiger partial charge in [0, 0.05) is 30.5 Å². The Morgan fingerprint density at radius 1 is 1.19 bits per heavy atom. The number of β-amino-alcohol motifs (C(OH)–C–C–N with tert-alkyl or cyclic N) is 1. The van der Waals surface area contributed by atoms with Gasteiger partial charge >= 0.3 is 6.18 Å². The van der Waals surface area contributed by atoms with Crippen molar-refractivity contribution >= 4 is 34.9 Å². The number of alkyl halides is 3. The number of hydrogen-bond acceptors (Lipinski definition) is 7. The van der Waals surface area contributed by atoms with Crippen LogP contribution in [0.2, 0.25) is 5.02 Å². The lowest BCUT2D eigenvalue weighted by molar-refractivity contribution is -0.208. The first kappa shape index (κ1) is 26.2. The number of halogens is 4. The molecular weight excluding hydrogens is 495 g/mol. The highest BCUT2D eigenvalue weighted by atomic mass is 35.5. The molecule has 194 valence electrons. The summed E-state index contributed by atoms with van der Waals surface area (Å²) in [4.78, 5) is 10.4. The molecule has 1 saturated heterocycles. The molecule has 3 heterocycles. The minimum Gasteiger partial charge on any atom is -0.382 e. The smallest absolute Gasteiger partial charge is 0.382 e. The fraction of sp³-hybridized carbons (Fsp3) is 0.458. The Bertz CT molecular complexity index is 1220. The molecule has 0 radical (unpaired) electrons. The quantitative estimate of drug-likeness (QED) is 0.330. The van der Waals surface area contributed by atoms with E-state index in [2.05, 4.69) is 36.9 Å². The molecule has 0 amide bonds. The summed E-state index contributed by atoms with van der Waals surface area (Å²) in [5.41, 5.74) is 4.78. The number of aromatic amines is 1. The van der Waals surface area contributed by atoms with Gasteiger partial charge in [-0.2, -0.15) is 23.3 Å². The van der Waals surface area contributed by atoms with Crippen molar-refractivity contribution in [2.45, 2.75) is 51.8 Å². The van der Waals surface area contributed by atoms with Gasteiger partial charge in [-0.25, -0.2) is 4.98 Å². The van der Waals surface area contributed by atoms with Crippen molar-refractivity contribution in [3.05, 3.63) is 51.8 Å². The summed E-state index contributed by atoms with van der Waals surface area (Å²) >= 11 is 6.25. The van der Waals surface area contributed by atoms with Crippen molar-refractivity contribution in [1.29, 1.82) is 0 Å². The maximum absolute atomic E-state index is 12.8. The van der Waals surface area contributed by atoms with E-state index in [1.807, 2.05) is 32.9 Å². The number of aryl methyl sites for hydroxylation is 3. The van der Waals surface area contributed by atoms with E-state index in [0.29, 0.717) is 35.7 Å². The van der Waals surface area contributed by atoms with Gasteiger partial charge in [0.1, 0.15) is 5.02 Å². The fourth-order valence-corrected chi connectivity index (χ4v) is 4.61. The van der Waals surface area contributed by atoms with Gasteiger partial charge in [0.15, 0.2) is 17.7 Å². The van der Waals surface area contributed by atoms with E-state index in [1.165, 1.54) is 6.20 Å². The first-order valence-corrected chi connectivity index (χ1v) is 12.0. The number of likely N-dealkylation sites (tertiary alicyclic amines) is 1. The third-order valence-corrected chi connectivity index (χ3v) is 6.59. The average Bonchev–Trinajstić information content (AvgIpc) is 3.22. The zero-order valence-electron chi connectivity index (χ0n) is 20.2. The minimum absolute atomic E-state index is 0.0897. The molecule has 0 spiro atoms. The second-order valence-electron chi connectivity index (χ2n) is 9.26. The van der Waals surface area contributed by atoms with Gasteiger partial charge in [0.2, 0.25) is 5.95 Å². The number of hydrogen-bond donors (Lipinski definition) is 4. The van der Waals surface area contributed by atoms with Crippen LogP contribution in [0.4, 0.5) is 36.4 Å². The maximum atomic E-state index is 12.8. The monoisotopic (exact) mass is 523 g/mol. The van der Waals surface area contributed by atoms with Crippen molar-refractivity contribution in [3.63, 3.8) is 0 Å². The molecule has 2 unspecified atom stereocenters. The molecule has 1 fully saturated rings. The summed E-state index contributed by atoms with van der Waals surface area (Å²) in [6, 6.07) is 5.89. The summed E-state index contributed by atoms with van der Waals surface area (Å²) in [5, 5.41) is 23.1. The van der Waals surface area contributed by atoms with Crippen LogP contribution in [0.15, 0.2) is 24.4 Å². The number of H-pyrrole nitrogens is 1. The molecule has 1 aliphatic heterocycles. The number of aliphatic hydroxyl groups excluding tert-OH is 1. The summed E-state index contributed by atoms with van der Waals surface area (Å²) in [6.45, 7) is 6.45. The van der Waals surface area contributed by atoms with E-state index in [-0.39, 0.29) is 5.92 Å². The lowest BCUT2D eigenvalue weighted by Crippen LogP contribution is -2.44. The molecule has 2 atom stereocenters. The van der Waals surface area contributed by atoms with Crippen molar-refractivity contribution in [2.75, 3.05) is 30.3 Å². The van der Waals surface area contributed by atoms with Gasteiger partial charge in [0.25, 0.3) is 0 Å². The molecule has 8 nitrogen and oxygen atoms in total. The van der Waals surface area contributed by atoms with Crippen LogP contribution >= 0.6 is 11.6 Å². The highest BCUT2D eigenvalue weighted by molar-refractivity contribution is 6.32. The standard InChI is InChI=1S/C24H29ClF3N7O/c1-13-8-19(30-23-29-10-18(25)22(32-23)31-21-9-15(3)33-34-21)14(2)7-17(13)16-5-4-6-35(11-16)12-20(36)24(26,27)28/h7-10,16,20,36H,4-6,11-12H2,1-3H3,(H3,29,30,31,32,33,34). The fourth-order valence-electron chi connectivity index (χ4n) is 4.48. The van der Waals surface area contributed by atoms with Gasteiger partial charge in [-0.3, -0.25) is 10.00 Å². The van der Waals surface area contributed by atoms with Gasteiger partial charge in [0.05, 0.1) is 6.20 Å². The number of piperidine rings is 1. The number of aliphatic hydroxyl groups is 1. The van der Waals surface area contributed by atoms with Crippen LogP contribution < -0.4 is 10.6 Å². The Balaban J connectivity index is 1.48. The second-order valence-corrected chi connectivity index (χ2v) is 9.66. The topological polar surface area (TPSA) is 102 Å². The van der Waals surface area contributed by atoms with Crippen LogP contribution in [0.5, 0.6) is 0 Å². The minimum atomic E-state index is -4.61. The van der Waals surface area contributed by atoms with Crippen molar-refractivity contribution in [2.24, 2.45) is 0 Å². The number of benzene rings is 1. The van der Waals surface area contributed by atoms with E-state index >= 15 is 0 Å². The lowest BCUT2D eigenvalue weighted by atomic mass is 9.86. The molecule has 3 aromatic rings. The predicted molar refractivity (Wildman–Crippen MR) is 133 cm³/mol. The SMILES string of the molecule is Cc1cc(Nc2nc(Nc3cc(C)c(C4CCCN(CC(O)C(F)(F)F)C4)cc3C)ncc2Cl)n[nH]1. The Morgan fingerprint density at radius 2 is 1.97 bits per heavy atom. The molecule has 0 bridgehead atoms. The molecule has 1 aliphatic rings. The predicted octanol–water partition coefficient (Wildman–Crippen LogP) is 5.37. The van der Waals surface area contributed by atoms with Crippen LogP contribution in [0.1, 0.15) is 41.1 Å². The highest BCUT2D eigenvalue weighted by Gasteiger charge is 2.39. The van der Waals surface area contributed by atoms with E-state index < -0.39 is 18.8 Å². The first-order chi connectivity index (χ1) is 17.0. The van der Waals surface area contributed by atoms with Crippen LogP contribution in [0.25, 0.3) is 0 Å². The summed E-state index contributed by atoms with van der Waals surface area (Å²) in [6.07, 6.45) is -3.78. The number of aromatic nitrogens is 4. The number of nitrogens with one attached hydrogen (secondary N) is 3. The van der Waals surface area contributed by atoms with Crippen molar-refractivity contribution < 1.29 is 18.3 Å². The van der Waals surface area contributed by atoms with Crippen LogP contribution in [0.3, 0.4) is 0 Å². The zero-order valence-corrected chi connectivity index (χ0v) is 21.0. The van der Waals surface area contributed by atoms with E-state index in [1.54, 1.807) is 4.90 Å². The Hall–Kier alpha value is -2.89. The van der Waals surface area contributed by atoms with E-state index in [4.69, 9.17) is 11.6 Å². The molecule has 12 heteroatoms. The Morgan fingerprint density at radius 3 is 2.67 bits per heavy atom. The van der Waals surface area contributed by atoms with Crippen LogP contribution in [-0.2, 0) is 0 Å². The van der Waals surface area contributed by atoms with Gasteiger partial charge in [-0.15, -0.1) is 0 Å². The van der Waals surface area contributed by atoms with E-state index in [9.17, 15) is 18.3 Å². The summed E-state index contributed by atoms with van der Waals surface area (Å²) in [5.74, 6) is 1.44. The Labute approximate surface area is 212 Å². The zero-order chi connectivity index (χ0) is 26.0. The third-order valence-electron chi connectivity index (χ3n) is 6.31. The normalized spacial score (nSPS) is 17.7. The summed E-state index contributed by atoms with van der Waals surface area (Å²) < 4.78 is 38.4. The van der Waals surface area contributed by atoms with Crippen molar-refractivity contribution in [1.82, 2.24) is 25.1 Å². The molecule has 36 heavy (non-hydrogen) atoms. The maximum Gasteiger partial charge on any atom is 0.415 e. The van der Waals surface area contributed by atoms with Crippen molar-refractivity contribution in [3.8, 4) is 0 Å². The van der Waals surface area contributed by atoms with Crippen LogP contribution in [-0.4, -0.2) is 62.1 Å². The molecule has 2 aromatic heterocycles. The average molecular weight is 524 g/mol. The molecule has 0 aliphatic carbocycles. The number of rotatable bonds is 7. The number of nitrogens with zero attached hydrogens (tertiary/aromatic N) is 4. The molecule has 1 aromatic carbocycles. The number of anilines is 4. The van der Waals surface area contributed by atoms with Gasteiger partial charge in [-0.05, 0) is 68.8 Å². The van der Waals surface area contributed by atoms with E-state index in [0.717, 1.165) is 40.9 Å². The van der Waals surface area contributed by atoms with Gasteiger partial charge in [-0.1, -0.05) is 17.7 Å². The molecule has 4 rings (SSSR count).